The van der Waals surface area contributed by atoms with Crippen molar-refractivity contribution in [2.45, 2.75) is 0 Å². The maximum Gasteiger partial charge on any atom is 0.240 e. The van der Waals surface area contributed by atoms with E-state index in [1.807, 2.05) is 6.07 Å². The quantitative estimate of drug-likeness (QED) is 0.806. The van der Waals surface area contributed by atoms with Gasteiger partial charge in [-0.1, -0.05) is 11.6 Å². The van der Waals surface area contributed by atoms with Crippen LogP contribution >= 0.6 is 11.6 Å². The summed E-state index contributed by atoms with van der Waals surface area (Å²) in [6.07, 6.45) is 1.46. The summed E-state index contributed by atoms with van der Waals surface area (Å²) in [6, 6.07) is 6.92. The third-order valence-electron chi connectivity index (χ3n) is 1.95. The van der Waals surface area contributed by atoms with Crippen molar-refractivity contribution >= 4 is 17.5 Å². The Hall–Kier alpha value is -2.19. The molecule has 2 aromatic rings. The standard InChI is InChI=1S/C10H6ClN5/c11-8-3-6(4-12)1-2-7(8)9-5-14-16-10(13)15-9/h1-3,5H,(H2,13,15,16). The van der Waals surface area contributed by atoms with Crippen LogP contribution in [0.4, 0.5) is 5.95 Å². The van der Waals surface area contributed by atoms with Crippen LogP contribution in [-0.2, 0) is 0 Å². The van der Waals surface area contributed by atoms with Crippen molar-refractivity contribution in [1.29, 1.82) is 5.26 Å². The lowest BCUT2D eigenvalue weighted by molar-refractivity contribution is 0.990. The van der Waals surface area contributed by atoms with E-state index in [1.54, 1.807) is 18.2 Å². The second kappa shape index (κ2) is 4.13. The molecule has 0 aliphatic carbocycles. The lowest BCUT2D eigenvalue weighted by Crippen LogP contribution is -1.98. The highest BCUT2D eigenvalue weighted by atomic mass is 35.5. The average Bonchev–Trinajstić information content (AvgIpc) is 2.28. The van der Waals surface area contributed by atoms with Crippen molar-refractivity contribution in [2.24, 2.45) is 0 Å². The van der Waals surface area contributed by atoms with Gasteiger partial charge >= 0.3 is 0 Å². The molecule has 6 heteroatoms. The number of aromatic nitrogens is 3. The van der Waals surface area contributed by atoms with E-state index >= 15 is 0 Å². The van der Waals surface area contributed by atoms with Crippen LogP contribution in [0.2, 0.25) is 5.02 Å². The number of hydrogen-bond acceptors (Lipinski definition) is 5. The zero-order valence-corrected chi connectivity index (χ0v) is 8.81. The highest BCUT2D eigenvalue weighted by Gasteiger charge is 2.07. The van der Waals surface area contributed by atoms with Crippen molar-refractivity contribution in [3.05, 3.63) is 35.0 Å². The van der Waals surface area contributed by atoms with E-state index in [0.717, 1.165) is 0 Å². The van der Waals surface area contributed by atoms with E-state index in [9.17, 15) is 0 Å². The second-order valence-corrected chi connectivity index (χ2v) is 3.41. The molecule has 0 unspecified atom stereocenters. The minimum atomic E-state index is 0.0814. The van der Waals surface area contributed by atoms with Crippen LogP contribution in [-0.4, -0.2) is 15.2 Å². The number of nitrogens with zero attached hydrogens (tertiary/aromatic N) is 4. The Morgan fingerprint density at radius 2 is 2.19 bits per heavy atom. The maximum atomic E-state index is 8.70. The van der Waals surface area contributed by atoms with Crippen LogP contribution in [0.15, 0.2) is 24.4 Å². The fourth-order valence-electron chi connectivity index (χ4n) is 1.24. The molecule has 0 bridgehead atoms. The molecule has 0 atom stereocenters. The number of nitrogen functional groups attached to an aromatic ring is 1. The molecule has 16 heavy (non-hydrogen) atoms. The minimum Gasteiger partial charge on any atom is -0.366 e. The molecule has 0 saturated heterocycles. The van der Waals surface area contributed by atoms with Crippen LogP contribution in [0.25, 0.3) is 11.3 Å². The molecular weight excluding hydrogens is 226 g/mol. The van der Waals surface area contributed by atoms with Crippen LogP contribution in [0, 0.1) is 11.3 Å². The van der Waals surface area contributed by atoms with Crippen LogP contribution in [0.3, 0.4) is 0 Å². The molecule has 1 aromatic carbocycles. The van der Waals surface area contributed by atoms with Gasteiger partial charge in [-0.05, 0) is 18.2 Å². The van der Waals surface area contributed by atoms with Gasteiger partial charge < -0.3 is 5.73 Å². The van der Waals surface area contributed by atoms with Crippen molar-refractivity contribution in [3.8, 4) is 17.3 Å². The van der Waals surface area contributed by atoms with Gasteiger partial charge in [0.15, 0.2) is 0 Å². The first kappa shape index (κ1) is 10.3. The van der Waals surface area contributed by atoms with Gasteiger partial charge in [0, 0.05) is 5.56 Å². The molecule has 78 valence electrons. The van der Waals surface area contributed by atoms with Crippen molar-refractivity contribution in [3.63, 3.8) is 0 Å². The predicted molar refractivity (Wildman–Crippen MR) is 59.4 cm³/mol. The predicted octanol–water partition coefficient (Wildman–Crippen LogP) is 1.65. The number of rotatable bonds is 1. The van der Waals surface area contributed by atoms with Gasteiger partial charge in [0.2, 0.25) is 5.95 Å². The molecule has 1 aromatic heterocycles. The summed E-state index contributed by atoms with van der Waals surface area (Å²) >= 11 is 6.01. The summed E-state index contributed by atoms with van der Waals surface area (Å²) in [4.78, 5) is 4.00. The molecule has 2 N–H and O–H groups in total. The normalized spacial score (nSPS) is 9.75. The monoisotopic (exact) mass is 231 g/mol. The van der Waals surface area contributed by atoms with Crippen LogP contribution in [0.1, 0.15) is 5.56 Å². The number of benzene rings is 1. The van der Waals surface area contributed by atoms with Gasteiger partial charge in [-0.2, -0.15) is 10.4 Å². The van der Waals surface area contributed by atoms with E-state index in [2.05, 4.69) is 15.2 Å². The first-order valence-electron chi connectivity index (χ1n) is 4.36. The summed E-state index contributed by atoms with van der Waals surface area (Å²) in [7, 11) is 0. The highest BCUT2D eigenvalue weighted by molar-refractivity contribution is 6.33. The number of nitriles is 1. The number of halogens is 1. The van der Waals surface area contributed by atoms with E-state index in [0.29, 0.717) is 21.8 Å². The van der Waals surface area contributed by atoms with Crippen LogP contribution in [0.5, 0.6) is 0 Å². The topological polar surface area (TPSA) is 88.5 Å². The number of anilines is 1. The van der Waals surface area contributed by atoms with E-state index in [1.165, 1.54) is 6.20 Å². The fourth-order valence-corrected chi connectivity index (χ4v) is 1.52. The molecule has 2 rings (SSSR count). The largest absolute Gasteiger partial charge is 0.366 e. The Bertz CT molecular complexity index is 576. The molecule has 0 spiro atoms. The Kier molecular flexibility index (Phi) is 2.66. The zero-order chi connectivity index (χ0) is 11.5. The summed E-state index contributed by atoms with van der Waals surface area (Å²) in [6.45, 7) is 0. The molecule has 5 nitrogen and oxygen atoms in total. The van der Waals surface area contributed by atoms with Gasteiger partial charge in [-0.3, -0.25) is 0 Å². The lowest BCUT2D eigenvalue weighted by Gasteiger charge is -2.03. The van der Waals surface area contributed by atoms with Crippen LogP contribution < -0.4 is 5.73 Å². The molecular formula is C10H6ClN5. The SMILES string of the molecule is N#Cc1ccc(-c2cnnc(N)n2)c(Cl)c1. The first-order chi connectivity index (χ1) is 7.70. The molecule has 0 fully saturated rings. The lowest BCUT2D eigenvalue weighted by atomic mass is 10.1. The molecule has 0 amide bonds. The van der Waals surface area contributed by atoms with E-state index < -0.39 is 0 Å². The van der Waals surface area contributed by atoms with E-state index in [4.69, 9.17) is 22.6 Å². The van der Waals surface area contributed by atoms with Crippen molar-refractivity contribution in [1.82, 2.24) is 15.2 Å². The summed E-state index contributed by atoms with van der Waals surface area (Å²) in [5.41, 5.74) is 7.11. The molecule has 1 heterocycles. The minimum absolute atomic E-state index is 0.0814. The zero-order valence-electron chi connectivity index (χ0n) is 8.05. The summed E-state index contributed by atoms with van der Waals surface area (Å²) in [5.74, 6) is 0.0814. The number of nitrogens with two attached hydrogens (primary N) is 1. The Balaban J connectivity index is 2.53. The third kappa shape index (κ3) is 1.92. The van der Waals surface area contributed by atoms with Gasteiger partial charge in [-0.15, -0.1) is 5.10 Å². The molecule has 0 aliphatic heterocycles. The van der Waals surface area contributed by atoms with Crippen molar-refractivity contribution in [2.75, 3.05) is 5.73 Å². The maximum absolute atomic E-state index is 8.70. The Morgan fingerprint density at radius 3 is 2.81 bits per heavy atom. The smallest absolute Gasteiger partial charge is 0.240 e. The fraction of sp³-hybridized carbons (Fsp3) is 0. The van der Waals surface area contributed by atoms with Crippen molar-refractivity contribution < 1.29 is 0 Å². The van der Waals surface area contributed by atoms with Gasteiger partial charge in [0.25, 0.3) is 0 Å². The molecule has 0 radical (unpaired) electrons. The second-order valence-electron chi connectivity index (χ2n) is 3.01. The third-order valence-corrected chi connectivity index (χ3v) is 2.26. The molecule has 0 saturated carbocycles. The highest BCUT2D eigenvalue weighted by Crippen LogP contribution is 2.26. The summed E-state index contributed by atoms with van der Waals surface area (Å²) < 4.78 is 0. The Morgan fingerprint density at radius 1 is 1.38 bits per heavy atom. The summed E-state index contributed by atoms with van der Waals surface area (Å²) in [5, 5.41) is 16.4. The van der Waals surface area contributed by atoms with Gasteiger partial charge in [0.05, 0.1) is 28.5 Å². The molecule has 0 aliphatic rings. The Labute approximate surface area is 96.5 Å². The number of hydrogen-bond donors (Lipinski definition) is 1. The van der Waals surface area contributed by atoms with Gasteiger partial charge in [-0.25, -0.2) is 4.98 Å². The first-order valence-corrected chi connectivity index (χ1v) is 4.73. The average molecular weight is 232 g/mol. The van der Waals surface area contributed by atoms with Gasteiger partial charge in [0.1, 0.15) is 0 Å². The van der Waals surface area contributed by atoms with E-state index in [-0.39, 0.29) is 5.95 Å².